The molecular formula is C27H19N9O3. The molecule has 1 unspecified atom stereocenters. The normalized spacial score (nSPS) is 14.0. The van der Waals surface area contributed by atoms with Crippen LogP contribution < -0.4 is 16.0 Å². The molecule has 1 aliphatic heterocycles. The molecule has 0 radical (unpaired) electrons. The molecular weight excluding hydrogens is 498 g/mol. The first-order valence-electron chi connectivity index (χ1n) is 11.7. The Hall–Kier alpha value is -5.80. The number of phenolic OH excluding ortho intramolecular Hbond substituents is 1. The van der Waals surface area contributed by atoms with E-state index in [9.17, 15) is 20.3 Å². The lowest BCUT2D eigenvalue weighted by Gasteiger charge is -2.12. The first kappa shape index (κ1) is 23.6. The molecule has 1 aliphatic rings. The van der Waals surface area contributed by atoms with Gasteiger partial charge in [0.25, 0.3) is 5.91 Å². The highest BCUT2D eigenvalue weighted by Crippen LogP contribution is 2.40. The lowest BCUT2D eigenvalue weighted by atomic mass is 10.0. The minimum atomic E-state index is -0.918. The van der Waals surface area contributed by atoms with Crippen molar-refractivity contribution in [1.82, 2.24) is 14.8 Å². The van der Waals surface area contributed by atoms with Crippen molar-refractivity contribution >= 4 is 45.2 Å². The number of carbonyl (C=O) groups is 1. The predicted molar refractivity (Wildman–Crippen MR) is 144 cm³/mol. The van der Waals surface area contributed by atoms with E-state index in [4.69, 9.17) is 0 Å². The zero-order valence-corrected chi connectivity index (χ0v) is 20.1. The van der Waals surface area contributed by atoms with Gasteiger partial charge in [0.1, 0.15) is 17.3 Å². The SMILES string of the molecule is N#Cc1cnn(-c2ccccn2)c1N=Nc1c(O)c(C(=O)Nc2ccc3c(c2)NC(O)N3)cc2ccccc12. The van der Waals surface area contributed by atoms with E-state index in [-0.39, 0.29) is 28.4 Å². The van der Waals surface area contributed by atoms with Gasteiger partial charge < -0.3 is 26.2 Å². The molecule has 0 aliphatic carbocycles. The Morgan fingerprint density at radius 3 is 2.69 bits per heavy atom. The largest absolute Gasteiger partial charge is 0.505 e. The topological polar surface area (TPSA) is 173 Å². The van der Waals surface area contributed by atoms with Crippen molar-refractivity contribution in [3.8, 4) is 17.6 Å². The van der Waals surface area contributed by atoms with Crippen LogP contribution in [0.5, 0.6) is 5.75 Å². The lowest BCUT2D eigenvalue weighted by molar-refractivity contribution is 0.102. The van der Waals surface area contributed by atoms with Gasteiger partial charge in [0.2, 0.25) is 6.35 Å². The summed E-state index contributed by atoms with van der Waals surface area (Å²) in [6.07, 6.45) is 2.02. The van der Waals surface area contributed by atoms with Crippen molar-refractivity contribution in [2.45, 2.75) is 6.35 Å². The summed E-state index contributed by atoms with van der Waals surface area (Å²) in [6, 6.07) is 21.0. The number of anilines is 3. The molecule has 3 heterocycles. The van der Waals surface area contributed by atoms with Crippen LogP contribution in [-0.2, 0) is 0 Å². The highest BCUT2D eigenvalue weighted by atomic mass is 16.3. The van der Waals surface area contributed by atoms with E-state index in [1.165, 1.54) is 10.9 Å². The Kier molecular flexibility index (Phi) is 5.79. The molecule has 5 N–H and O–H groups in total. The Morgan fingerprint density at radius 2 is 1.87 bits per heavy atom. The van der Waals surface area contributed by atoms with E-state index in [2.05, 4.69) is 36.3 Å². The molecule has 6 rings (SSSR count). The summed E-state index contributed by atoms with van der Waals surface area (Å²) in [6.45, 7) is 0. The maximum atomic E-state index is 13.3. The minimum Gasteiger partial charge on any atom is -0.505 e. The Morgan fingerprint density at radius 1 is 1.05 bits per heavy atom. The van der Waals surface area contributed by atoms with E-state index < -0.39 is 12.3 Å². The van der Waals surface area contributed by atoms with Gasteiger partial charge in [-0.05, 0) is 41.8 Å². The first-order chi connectivity index (χ1) is 19.0. The molecule has 2 aromatic heterocycles. The van der Waals surface area contributed by atoms with Crippen LogP contribution in [0.2, 0.25) is 0 Å². The van der Waals surface area contributed by atoms with Crippen molar-refractivity contribution in [2.24, 2.45) is 10.2 Å². The zero-order chi connectivity index (χ0) is 26.9. The van der Waals surface area contributed by atoms with E-state index >= 15 is 0 Å². The van der Waals surface area contributed by atoms with Crippen LogP contribution in [0.4, 0.5) is 28.6 Å². The van der Waals surface area contributed by atoms with Crippen molar-refractivity contribution in [3.05, 3.63) is 90.3 Å². The van der Waals surface area contributed by atoms with Crippen molar-refractivity contribution in [3.63, 3.8) is 0 Å². The summed E-state index contributed by atoms with van der Waals surface area (Å²) < 4.78 is 1.37. The van der Waals surface area contributed by atoms with E-state index in [1.807, 2.05) is 6.07 Å². The smallest absolute Gasteiger partial charge is 0.259 e. The van der Waals surface area contributed by atoms with Gasteiger partial charge in [-0.15, -0.1) is 10.2 Å². The number of azo groups is 1. The number of phenols is 1. The number of nitriles is 1. The summed E-state index contributed by atoms with van der Waals surface area (Å²) in [5.41, 5.74) is 1.96. The summed E-state index contributed by atoms with van der Waals surface area (Å²) in [5, 5.41) is 52.9. The number of aliphatic hydroxyl groups excluding tert-OH is 1. The van der Waals surface area contributed by atoms with Crippen molar-refractivity contribution in [2.75, 3.05) is 16.0 Å². The van der Waals surface area contributed by atoms with Gasteiger partial charge >= 0.3 is 0 Å². The molecule has 0 fully saturated rings. The van der Waals surface area contributed by atoms with E-state index in [1.54, 1.807) is 72.9 Å². The van der Waals surface area contributed by atoms with Crippen LogP contribution in [0.15, 0.2) is 89.4 Å². The van der Waals surface area contributed by atoms with Crippen LogP contribution >= 0.6 is 0 Å². The predicted octanol–water partition coefficient (Wildman–Crippen LogP) is 4.78. The number of rotatable bonds is 5. The summed E-state index contributed by atoms with van der Waals surface area (Å²) in [7, 11) is 0. The van der Waals surface area contributed by atoms with Gasteiger partial charge in [-0.3, -0.25) is 4.79 Å². The Bertz CT molecular complexity index is 1810. The van der Waals surface area contributed by atoms with Crippen LogP contribution in [0.25, 0.3) is 16.6 Å². The number of hydrogen-bond donors (Lipinski definition) is 5. The summed E-state index contributed by atoms with van der Waals surface area (Å²) in [5.74, 6) is -0.399. The fourth-order valence-corrected chi connectivity index (χ4v) is 4.25. The number of benzene rings is 3. The van der Waals surface area contributed by atoms with Crippen molar-refractivity contribution in [1.29, 1.82) is 5.26 Å². The number of nitrogens with one attached hydrogen (secondary N) is 3. The molecule has 1 amide bonds. The highest BCUT2D eigenvalue weighted by Gasteiger charge is 2.21. The number of fused-ring (bicyclic) bond motifs is 2. The monoisotopic (exact) mass is 517 g/mol. The van der Waals surface area contributed by atoms with Crippen LogP contribution in [0.1, 0.15) is 15.9 Å². The number of pyridine rings is 1. The second kappa shape index (κ2) is 9.58. The van der Waals surface area contributed by atoms with Gasteiger partial charge in [0, 0.05) is 17.3 Å². The molecule has 3 aromatic carbocycles. The van der Waals surface area contributed by atoms with Crippen LogP contribution in [0, 0.1) is 11.3 Å². The third-order valence-corrected chi connectivity index (χ3v) is 6.08. The second-order valence-electron chi connectivity index (χ2n) is 8.54. The Labute approximate surface area is 220 Å². The molecule has 0 saturated heterocycles. The average molecular weight is 518 g/mol. The quantitative estimate of drug-likeness (QED) is 0.207. The third kappa shape index (κ3) is 4.35. The number of aliphatic hydroxyl groups is 1. The number of aromatic hydroxyl groups is 1. The standard InChI is InChI=1S/C27H19N9O3/c28-13-16-14-30-36(22-7-3-4-10-29-22)25(16)35-34-23-18-6-2-1-5-15(18)11-19(24(23)37)26(38)31-17-8-9-20-21(12-17)33-27(39)32-20/h1-12,14,27,32-33,37,39H,(H,31,38). The number of carbonyl (C=O) groups excluding carboxylic acids is 1. The molecule has 5 aromatic rings. The average Bonchev–Trinajstić information content (AvgIpc) is 3.54. The molecule has 190 valence electrons. The number of amides is 1. The minimum absolute atomic E-state index is 0.0204. The Balaban J connectivity index is 1.40. The van der Waals surface area contributed by atoms with Crippen molar-refractivity contribution < 1.29 is 15.0 Å². The molecule has 0 spiro atoms. The molecule has 12 heteroatoms. The maximum absolute atomic E-state index is 13.3. The molecule has 1 atom stereocenters. The van der Waals surface area contributed by atoms with Gasteiger partial charge in [0.05, 0.1) is 23.1 Å². The highest BCUT2D eigenvalue weighted by molar-refractivity contribution is 6.12. The van der Waals surface area contributed by atoms with E-state index in [0.29, 0.717) is 33.7 Å². The first-order valence-corrected chi connectivity index (χ1v) is 11.7. The third-order valence-electron chi connectivity index (χ3n) is 6.08. The zero-order valence-electron chi connectivity index (χ0n) is 20.1. The van der Waals surface area contributed by atoms with E-state index in [0.717, 1.165) is 0 Å². The second-order valence-corrected chi connectivity index (χ2v) is 8.54. The van der Waals surface area contributed by atoms with Crippen LogP contribution in [0.3, 0.4) is 0 Å². The lowest BCUT2D eigenvalue weighted by Crippen LogP contribution is -2.20. The van der Waals surface area contributed by atoms with Gasteiger partial charge in [-0.2, -0.15) is 15.0 Å². The molecule has 12 nitrogen and oxygen atoms in total. The maximum Gasteiger partial charge on any atom is 0.259 e. The molecule has 39 heavy (non-hydrogen) atoms. The number of aromatic nitrogens is 3. The van der Waals surface area contributed by atoms with Crippen LogP contribution in [-0.4, -0.2) is 37.2 Å². The number of nitrogens with zero attached hydrogens (tertiary/aromatic N) is 6. The fourth-order valence-electron chi connectivity index (χ4n) is 4.25. The van der Waals surface area contributed by atoms with Gasteiger partial charge in [-0.25, -0.2) is 4.98 Å². The fraction of sp³-hybridized carbons (Fsp3) is 0.0370. The molecule has 0 saturated carbocycles. The summed E-state index contributed by atoms with van der Waals surface area (Å²) in [4.78, 5) is 17.5. The number of hydrogen-bond acceptors (Lipinski definition) is 10. The van der Waals surface area contributed by atoms with Gasteiger partial charge in [0.15, 0.2) is 17.4 Å². The summed E-state index contributed by atoms with van der Waals surface area (Å²) >= 11 is 0. The van der Waals surface area contributed by atoms with Gasteiger partial charge in [-0.1, -0.05) is 30.3 Å². The molecule has 0 bridgehead atoms.